The summed E-state index contributed by atoms with van der Waals surface area (Å²) in [7, 11) is -3.24. The molecule has 1 aromatic carbocycles. The zero-order valence-corrected chi connectivity index (χ0v) is 14.0. The van der Waals surface area contributed by atoms with Crippen molar-refractivity contribution in [3.05, 3.63) is 29.8 Å². The van der Waals surface area contributed by atoms with Gasteiger partial charge in [-0.25, -0.2) is 8.42 Å². The summed E-state index contributed by atoms with van der Waals surface area (Å²) in [6.07, 6.45) is 4.04. The Morgan fingerprint density at radius 3 is 2.29 bits per heavy atom. The zero-order chi connectivity index (χ0) is 15.2. The van der Waals surface area contributed by atoms with Crippen LogP contribution in [0.15, 0.2) is 29.2 Å². The Morgan fingerprint density at radius 2 is 1.86 bits per heavy atom. The normalized spacial score (nSPS) is 12.3. The van der Waals surface area contributed by atoms with Gasteiger partial charge in [-0.1, -0.05) is 19.8 Å². The van der Waals surface area contributed by atoms with E-state index >= 15 is 0 Å². The third-order valence-electron chi connectivity index (χ3n) is 3.07. The number of benzene rings is 1. The minimum absolute atomic E-state index is 0. The van der Waals surface area contributed by atoms with Gasteiger partial charge in [-0.15, -0.1) is 12.4 Å². The highest BCUT2D eigenvalue weighted by molar-refractivity contribution is 7.90. The summed E-state index contributed by atoms with van der Waals surface area (Å²) in [4.78, 5) is 12.2. The summed E-state index contributed by atoms with van der Waals surface area (Å²) in [5, 5.41) is 2.86. The molecule has 120 valence electrons. The lowest BCUT2D eigenvalue weighted by Crippen LogP contribution is -2.40. The smallest absolute Gasteiger partial charge is 0.251 e. The van der Waals surface area contributed by atoms with E-state index in [0.29, 0.717) is 12.1 Å². The van der Waals surface area contributed by atoms with Crippen LogP contribution in [-0.4, -0.2) is 33.2 Å². The van der Waals surface area contributed by atoms with E-state index in [9.17, 15) is 13.2 Å². The molecule has 0 saturated carbocycles. The van der Waals surface area contributed by atoms with E-state index in [-0.39, 0.29) is 29.3 Å². The van der Waals surface area contributed by atoms with Crippen LogP contribution in [0.4, 0.5) is 0 Å². The van der Waals surface area contributed by atoms with Crippen LogP contribution in [0.2, 0.25) is 0 Å². The van der Waals surface area contributed by atoms with Crippen LogP contribution in [0.5, 0.6) is 0 Å². The molecule has 1 rings (SSSR count). The summed E-state index contributed by atoms with van der Waals surface area (Å²) in [6.45, 7) is 2.48. The molecule has 0 fully saturated rings. The monoisotopic (exact) mass is 334 g/mol. The number of sulfone groups is 1. The number of hydrogen-bond acceptors (Lipinski definition) is 4. The summed E-state index contributed by atoms with van der Waals surface area (Å²) in [6, 6.07) is 5.86. The first kappa shape index (κ1) is 19.9. The maximum absolute atomic E-state index is 12.0. The van der Waals surface area contributed by atoms with Crippen molar-refractivity contribution < 1.29 is 13.2 Å². The molecule has 1 aromatic rings. The van der Waals surface area contributed by atoms with Crippen LogP contribution in [0.3, 0.4) is 0 Å². The predicted molar refractivity (Wildman–Crippen MR) is 86.6 cm³/mol. The quantitative estimate of drug-likeness (QED) is 0.795. The molecule has 0 aliphatic carbocycles. The fraction of sp³-hybridized carbons (Fsp3) is 0.500. The first-order chi connectivity index (χ1) is 9.38. The van der Waals surface area contributed by atoms with E-state index in [1.165, 1.54) is 24.3 Å². The Labute approximate surface area is 132 Å². The van der Waals surface area contributed by atoms with E-state index in [1.807, 2.05) is 0 Å². The van der Waals surface area contributed by atoms with Crippen molar-refractivity contribution in [1.82, 2.24) is 5.32 Å². The average molecular weight is 335 g/mol. The van der Waals surface area contributed by atoms with Gasteiger partial charge in [-0.05, 0) is 30.7 Å². The molecule has 0 aromatic heterocycles. The fourth-order valence-electron chi connectivity index (χ4n) is 1.82. The molecule has 1 amide bonds. The molecule has 21 heavy (non-hydrogen) atoms. The van der Waals surface area contributed by atoms with Gasteiger partial charge in [0.25, 0.3) is 5.91 Å². The molecule has 1 unspecified atom stereocenters. The molecular formula is C14H23ClN2O3S. The van der Waals surface area contributed by atoms with Crippen LogP contribution >= 0.6 is 12.4 Å². The number of amides is 1. The van der Waals surface area contributed by atoms with Gasteiger partial charge in [-0.2, -0.15) is 0 Å². The van der Waals surface area contributed by atoms with Gasteiger partial charge < -0.3 is 11.1 Å². The van der Waals surface area contributed by atoms with Crippen molar-refractivity contribution >= 4 is 28.2 Å². The van der Waals surface area contributed by atoms with Crippen molar-refractivity contribution in [1.29, 1.82) is 0 Å². The molecule has 0 saturated heterocycles. The topological polar surface area (TPSA) is 89.3 Å². The van der Waals surface area contributed by atoms with E-state index in [0.717, 1.165) is 25.5 Å². The van der Waals surface area contributed by atoms with Crippen LogP contribution in [0, 0.1) is 0 Å². The number of carbonyl (C=O) groups excluding carboxylic acids is 1. The molecule has 0 aliphatic rings. The molecule has 0 radical (unpaired) electrons. The Morgan fingerprint density at radius 1 is 1.29 bits per heavy atom. The Kier molecular flexibility index (Phi) is 8.54. The van der Waals surface area contributed by atoms with Gasteiger partial charge in [-0.3, -0.25) is 4.79 Å². The lowest BCUT2D eigenvalue weighted by atomic mass is 10.1. The van der Waals surface area contributed by atoms with E-state index in [1.54, 1.807) is 0 Å². The molecule has 3 N–H and O–H groups in total. The Bertz CT molecular complexity index is 544. The van der Waals surface area contributed by atoms with Crippen LogP contribution < -0.4 is 11.1 Å². The van der Waals surface area contributed by atoms with Gasteiger partial charge >= 0.3 is 0 Å². The number of rotatable bonds is 7. The number of halogens is 1. The lowest BCUT2D eigenvalue weighted by molar-refractivity contribution is 0.0935. The summed E-state index contributed by atoms with van der Waals surface area (Å²) >= 11 is 0. The third-order valence-corrected chi connectivity index (χ3v) is 4.20. The van der Waals surface area contributed by atoms with E-state index in [4.69, 9.17) is 5.73 Å². The third kappa shape index (κ3) is 6.46. The Balaban J connectivity index is 0.00000400. The van der Waals surface area contributed by atoms with Gasteiger partial charge in [0.15, 0.2) is 9.84 Å². The van der Waals surface area contributed by atoms with Crippen LogP contribution in [0.25, 0.3) is 0 Å². The molecule has 0 spiro atoms. The standard InChI is InChI=1S/C14H22N2O3S.ClH/c1-3-4-5-12(10-15)16-14(17)11-6-8-13(9-7-11)20(2,18)19;/h6-9,12H,3-5,10,15H2,1-2H3,(H,16,17);1H. The number of unbranched alkanes of at least 4 members (excludes halogenated alkanes) is 1. The lowest BCUT2D eigenvalue weighted by Gasteiger charge is -2.16. The van der Waals surface area contributed by atoms with Crippen molar-refractivity contribution in [3.8, 4) is 0 Å². The second-order valence-corrected chi connectivity index (χ2v) is 6.86. The number of carbonyl (C=O) groups is 1. The molecule has 5 nitrogen and oxygen atoms in total. The van der Waals surface area contributed by atoms with E-state index in [2.05, 4.69) is 12.2 Å². The molecule has 0 bridgehead atoms. The largest absolute Gasteiger partial charge is 0.348 e. The van der Waals surface area contributed by atoms with Gasteiger partial charge in [0.2, 0.25) is 0 Å². The van der Waals surface area contributed by atoms with Gasteiger partial charge in [0.1, 0.15) is 0 Å². The highest BCUT2D eigenvalue weighted by atomic mass is 35.5. The maximum atomic E-state index is 12.0. The highest BCUT2D eigenvalue weighted by Crippen LogP contribution is 2.10. The molecule has 7 heteroatoms. The minimum atomic E-state index is -3.24. The van der Waals surface area contributed by atoms with Crippen LogP contribution in [-0.2, 0) is 9.84 Å². The number of hydrogen-bond donors (Lipinski definition) is 2. The first-order valence-electron chi connectivity index (χ1n) is 6.69. The van der Waals surface area contributed by atoms with Gasteiger partial charge in [0, 0.05) is 24.4 Å². The van der Waals surface area contributed by atoms with Crippen molar-refractivity contribution in [2.75, 3.05) is 12.8 Å². The molecule has 1 atom stereocenters. The average Bonchev–Trinajstić information content (AvgIpc) is 2.42. The molecule has 0 aliphatic heterocycles. The predicted octanol–water partition coefficient (Wildman–Crippen LogP) is 1.76. The Hall–Kier alpha value is -1.11. The summed E-state index contributed by atoms with van der Waals surface area (Å²) < 4.78 is 22.7. The fourth-order valence-corrected chi connectivity index (χ4v) is 2.45. The van der Waals surface area contributed by atoms with Crippen molar-refractivity contribution in [2.24, 2.45) is 5.73 Å². The minimum Gasteiger partial charge on any atom is -0.348 e. The number of nitrogens with one attached hydrogen (secondary N) is 1. The molecular weight excluding hydrogens is 312 g/mol. The zero-order valence-electron chi connectivity index (χ0n) is 12.3. The van der Waals surface area contributed by atoms with Crippen molar-refractivity contribution in [3.63, 3.8) is 0 Å². The summed E-state index contributed by atoms with van der Waals surface area (Å²) in [5.74, 6) is -0.225. The highest BCUT2D eigenvalue weighted by Gasteiger charge is 2.13. The second-order valence-electron chi connectivity index (χ2n) is 4.84. The molecule has 0 heterocycles. The van der Waals surface area contributed by atoms with Crippen LogP contribution in [0.1, 0.15) is 36.5 Å². The SMILES string of the molecule is CCCCC(CN)NC(=O)c1ccc(S(C)(=O)=O)cc1.Cl. The van der Waals surface area contributed by atoms with Gasteiger partial charge in [0.05, 0.1) is 4.90 Å². The summed E-state index contributed by atoms with van der Waals surface area (Å²) in [5.41, 5.74) is 6.06. The van der Waals surface area contributed by atoms with E-state index < -0.39 is 9.84 Å². The second kappa shape index (κ2) is 9.02. The van der Waals surface area contributed by atoms with Crippen molar-refractivity contribution in [2.45, 2.75) is 37.1 Å². The first-order valence-corrected chi connectivity index (χ1v) is 8.58. The number of nitrogens with two attached hydrogens (primary N) is 1. The maximum Gasteiger partial charge on any atom is 0.251 e.